The summed E-state index contributed by atoms with van der Waals surface area (Å²) in [7, 11) is 0. The number of nitrogens with one attached hydrogen (secondary N) is 1. The van der Waals surface area contributed by atoms with Crippen molar-refractivity contribution in [1.82, 2.24) is 10.2 Å². The Labute approximate surface area is 189 Å². The minimum absolute atomic E-state index is 0.257. The predicted octanol–water partition coefficient (Wildman–Crippen LogP) is 4.92. The lowest BCUT2D eigenvalue weighted by Gasteiger charge is -2.36. The van der Waals surface area contributed by atoms with Crippen molar-refractivity contribution in [1.29, 1.82) is 0 Å². The zero-order chi connectivity index (χ0) is 21.8. The van der Waals surface area contributed by atoms with E-state index in [0.29, 0.717) is 18.8 Å². The van der Waals surface area contributed by atoms with Crippen LogP contribution < -0.4 is 15.0 Å². The first kappa shape index (κ1) is 22.4. The van der Waals surface area contributed by atoms with Gasteiger partial charge in [0.05, 0.1) is 10.0 Å². The summed E-state index contributed by atoms with van der Waals surface area (Å²) in [5.74, 6) is 0.880. The zero-order valence-electron chi connectivity index (χ0n) is 17.3. The van der Waals surface area contributed by atoms with Crippen molar-refractivity contribution in [2.75, 3.05) is 44.2 Å². The Hall–Kier alpha value is -1.77. The molecule has 2 aromatic carbocycles. The van der Waals surface area contributed by atoms with Crippen molar-refractivity contribution < 1.29 is 17.9 Å². The van der Waals surface area contributed by atoms with E-state index in [4.69, 9.17) is 4.74 Å². The normalized spacial score (nSPS) is 18.9. The van der Waals surface area contributed by atoms with Crippen LogP contribution >= 0.6 is 15.9 Å². The Balaban J connectivity index is 1.31. The second-order valence-corrected chi connectivity index (χ2v) is 9.00. The highest BCUT2D eigenvalue weighted by atomic mass is 79.9. The van der Waals surface area contributed by atoms with Crippen LogP contribution in [0, 0.1) is 0 Å². The van der Waals surface area contributed by atoms with Gasteiger partial charge in [-0.2, -0.15) is 13.2 Å². The largest absolute Gasteiger partial charge is 0.489 e. The number of ether oxygens (including phenoxy) is 1. The molecule has 2 saturated heterocycles. The number of hydrogen-bond donors (Lipinski definition) is 1. The average Bonchev–Trinajstić information content (AvgIpc) is 2.76. The van der Waals surface area contributed by atoms with Crippen molar-refractivity contribution in [2.24, 2.45) is 0 Å². The molecule has 2 aliphatic heterocycles. The van der Waals surface area contributed by atoms with Gasteiger partial charge < -0.3 is 15.0 Å². The molecule has 4 rings (SSSR count). The van der Waals surface area contributed by atoms with E-state index in [1.807, 2.05) is 11.0 Å². The number of alkyl halides is 3. The smallest absolute Gasteiger partial charge is 0.416 e. The predicted molar refractivity (Wildman–Crippen MR) is 120 cm³/mol. The summed E-state index contributed by atoms with van der Waals surface area (Å²) in [6, 6.07) is 11.8. The van der Waals surface area contributed by atoms with Gasteiger partial charge in [0.15, 0.2) is 0 Å². The second kappa shape index (κ2) is 9.79. The number of benzene rings is 2. The van der Waals surface area contributed by atoms with E-state index in [0.717, 1.165) is 61.9 Å². The lowest BCUT2D eigenvalue weighted by molar-refractivity contribution is -0.137. The van der Waals surface area contributed by atoms with Gasteiger partial charge in [0, 0.05) is 38.4 Å². The molecule has 2 aromatic rings. The van der Waals surface area contributed by atoms with Crippen LogP contribution in [0.3, 0.4) is 0 Å². The summed E-state index contributed by atoms with van der Waals surface area (Å²) in [5.41, 5.74) is 1.23. The molecule has 1 N–H and O–H groups in total. The first-order valence-electron chi connectivity index (χ1n) is 10.7. The molecule has 0 bridgehead atoms. The number of rotatable bonds is 5. The fraction of sp³-hybridized carbons (Fsp3) is 0.478. The maximum absolute atomic E-state index is 13.0. The molecule has 31 heavy (non-hydrogen) atoms. The van der Waals surface area contributed by atoms with E-state index in [1.54, 1.807) is 6.07 Å². The first-order valence-corrected chi connectivity index (χ1v) is 11.5. The third-order valence-corrected chi connectivity index (χ3v) is 6.51. The molecule has 2 heterocycles. The topological polar surface area (TPSA) is 27.7 Å². The summed E-state index contributed by atoms with van der Waals surface area (Å²) < 4.78 is 46.1. The number of piperazine rings is 1. The van der Waals surface area contributed by atoms with Gasteiger partial charge in [-0.15, -0.1) is 0 Å². The molecule has 8 heteroatoms. The molecule has 0 radical (unpaired) electrons. The van der Waals surface area contributed by atoms with Crippen LogP contribution in [0.25, 0.3) is 0 Å². The van der Waals surface area contributed by atoms with Crippen LogP contribution in [-0.2, 0) is 12.7 Å². The van der Waals surface area contributed by atoms with Crippen LogP contribution in [-0.4, -0.2) is 50.3 Å². The van der Waals surface area contributed by atoms with Crippen molar-refractivity contribution >= 4 is 21.6 Å². The summed E-state index contributed by atoms with van der Waals surface area (Å²) in [5, 5.41) is 3.34. The number of piperidine rings is 1. The van der Waals surface area contributed by atoms with E-state index in [9.17, 15) is 13.2 Å². The molecule has 0 unspecified atom stereocenters. The van der Waals surface area contributed by atoms with E-state index >= 15 is 0 Å². The number of halogens is 4. The molecule has 0 spiro atoms. The highest BCUT2D eigenvalue weighted by molar-refractivity contribution is 9.10. The third kappa shape index (κ3) is 5.93. The lowest BCUT2D eigenvalue weighted by Crippen LogP contribution is -2.46. The molecule has 0 aliphatic carbocycles. The van der Waals surface area contributed by atoms with Gasteiger partial charge in [0.25, 0.3) is 0 Å². The summed E-state index contributed by atoms with van der Waals surface area (Å²) in [6.45, 7) is 5.82. The summed E-state index contributed by atoms with van der Waals surface area (Å²) >= 11 is 3.64. The van der Waals surface area contributed by atoms with Gasteiger partial charge in [-0.25, -0.2) is 0 Å². The number of anilines is 1. The third-order valence-electron chi connectivity index (χ3n) is 5.89. The molecular weight excluding hydrogens is 471 g/mol. The van der Waals surface area contributed by atoms with E-state index in [1.165, 1.54) is 17.7 Å². The maximum Gasteiger partial charge on any atom is 0.416 e. The van der Waals surface area contributed by atoms with Gasteiger partial charge in [-0.1, -0.05) is 12.1 Å². The van der Waals surface area contributed by atoms with Gasteiger partial charge in [0.1, 0.15) is 11.9 Å². The summed E-state index contributed by atoms with van der Waals surface area (Å²) in [4.78, 5) is 4.36. The van der Waals surface area contributed by atoms with E-state index in [2.05, 4.69) is 38.3 Å². The Morgan fingerprint density at radius 1 is 1.00 bits per heavy atom. The van der Waals surface area contributed by atoms with Crippen LogP contribution in [0.4, 0.5) is 18.9 Å². The molecule has 168 valence electrons. The van der Waals surface area contributed by atoms with Crippen LogP contribution in [0.5, 0.6) is 5.75 Å². The Morgan fingerprint density at radius 3 is 2.42 bits per heavy atom. The molecule has 0 amide bonds. The molecule has 2 aliphatic rings. The quantitative estimate of drug-likeness (QED) is 0.634. The van der Waals surface area contributed by atoms with Crippen molar-refractivity contribution in [2.45, 2.75) is 31.7 Å². The number of nitrogens with zero attached hydrogens (tertiary/aromatic N) is 2. The average molecular weight is 498 g/mol. The maximum atomic E-state index is 13.0. The lowest BCUT2D eigenvalue weighted by atomic mass is 10.1. The molecular formula is C23H27BrF3N3O. The zero-order valence-corrected chi connectivity index (χ0v) is 18.9. The molecule has 0 aromatic heterocycles. The van der Waals surface area contributed by atoms with Crippen molar-refractivity contribution in [3.8, 4) is 5.75 Å². The number of hydrogen-bond acceptors (Lipinski definition) is 4. The Morgan fingerprint density at radius 2 is 1.74 bits per heavy atom. The first-order chi connectivity index (χ1) is 14.9. The minimum atomic E-state index is -4.31. The molecule has 0 saturated carbocycles. The van der Waals surface area contributed by atoms with Crippen LogP contribution in [0.15, 0.2) is 46.9 Å². The van der Waals surface area contributed by atoms with Gasteiger partial charge in [-0.3, -0.25) is 4.90 Å². The van der Waals surface area contributed by atoms with E-state index < -0.39 is 11.7 Å². The molecule has 4 nitrogen and oxygen atoms in total. The highest BCUT2D eigenvalue weighted by Crippen LogP contribution is 2.32. The summed E-state index contributed by atoms with van der Waals surface area (Å²) in [6.07, 6.45) is -2.02. The Kier molecular flexibility index (Phi) is 7.08. The molecule has 2 fully saturated rings. The fourth-order valence-corrected chi connectivity index (χ4v) is 4.65. The standard InChI is InChI=1S/C23H27BrF3N3O/c24-21-14-17(4-5-22(21)31-20-6-8-28-9-7-20)16-29-10-12-30(13-11-29)19-3-1-2-18(15-19)23(25,26)27/h1-5,14-15,20,28H,6-13,16H2. The van der Waals surface area contributed by atoms with Crippen molar-refractivity contribution in [3.63, 3.8) is 0 Å². The Bertz CT molecular complexity index is 879. The SMILES string of the molecule is FC(F)(F)c1cccc(N2CCN(Cc3ccc(OC4CCNCC4)c(Br)c3)CC2)c1. The van der Waals surface area contributed by atoms with Gasteiger partial charge in [0.2, 0.25) is 0 Å². The van der Waals surface area contributed by atoms with Crippen molar-refractivity contribution in [3.05, 3.63) is 58.1 Å². The monoisotopic (exact) mass is 497 g/mol. The fourth-order valence-electron chi connectivity index (χ4n) is 4.13. The van der Waals surface area contributed by atoms with Gasteiger partial charge in [-0.05, 0) is 77.8 Å². The highest BCUT2D eigenvalue weighted by Gasteiger charge is 2.31. The van der Waals surface area contributed by atoms with Crippen LogP contribution in [0.2, 0.25) is 0 Å². The molecule has 0 atom stereocenters. The van der Waals surface area contributed by atoms with E-state index in [-0.39, 0.29) is 6.10 Å². The minimum Gasteiger partial charge on any atom is -0.489 e. The second-order valence-electron chi connectivity index (χ2n) is 8.14. The van der Waals surface area contributed by atoms with Crippen LogP contribution in [0.1, 0.15) is 24.0 Å². The van der Waals surface area contributed by atoms with Gasteiger partial charge >= 0.3 is 6.18 Å².